The van der Waals surface area contributed by atoms with Gasteiger partial charge in [0.15, 0.2) is 0 Å². The second kappa shape index (κ2) is 6.48. The highest BCUT2D eigenvalue weighted by molar-refractivity contribution is 5.82. The van der Waals surface area contributed by atoms with Crippen LogP contribution >= 0.6 is 0 Å². The van der Waals surface area contributed by atoms with Crippen LogP contribution in [0.15, 0.2) is 24.3 Å². The molecule has 1 N–H and O–H groups in total. The quantitative estimate of drug-likeness (QED) is 0.926. The Morgan fingerprint density at radius 1 is 1.43 bits per heavy atom. The van der Waals surface area contributed by atoms with Gasteiger partial charge in [-0.25, -0.2) is 0 Å². The Labute approximate surface area is 127 Å². The summed E-state index contributed by atoms with van der Waals surface area (Å²) in [5.41, 5.74) is 1.04. The molecule has 0 aromatic heterocycles. The number of rotatable bonds is 4. The maximum absolute atomic E-state index is 12.7. The Balaban J connectivity index is 2.09. The van der Waals surface area contributed by atoms with Crippen molar-refractivity contribution >= 4 is 5.91 Å². The molecule has 21 heavy (non-hydrogen) atoms. The third-order valence-corrected chi connectivity index (χ3v) is 4.35. The van der Waals surface area contributed by atoms with Crippen LogP contribution in [0.1, 0.15) is 32.3 Å². The molecule has 1 heterocycles. The van der Waals surface area contributed by atoms with E-state index in [0.29, 0.717) is 6.54 Å². The minimum Gasteiger partial charge on any atom is -0.496 e. The van der Waals surface area contributed by atoms with Gasteiger partial charge in [-0.1, -0.05) is 32.0 Å². The molecule has 0 bridgehead atoms. The van der Waals surface area contributed by atoms with Crippen LogP contribution in [0.3, 0.4) is 0 Å². The predicted octanol–water partition coefficient (Wildman–Crippen LogP) is 2.43. The summed E-state index contributed by atoms with van der Waals surface area (Å²) in [6.07, 6.45) is 2.21. The van der Waals surface area contributed by atoms with E-state index in [4.69, 9.17) is 4.74 Å². The second-order valence-corrected chi connectivity index (χ2v) is 6.49. The normalized spacial score (nSPS) is 20.9. The minimum atomic E-state index is -0.106. The fourth-order valence-electron chi connectivity index (χ4n) is 3.02. The van der Waals surface area contributed by atoms with Crippen LogP contribution < -0.4 is 10.1 Å². The molecule has 1 aromatic carbocycles. The average molecular weight is 290 g/mol. The third kappa shape index (κ3) is 3.56. The number of likely N-dealkylation sites (N-methyl/N-ethyl adjacent to an activating group) is 1. The number of hydrogen-bond acceptors (Lipinski definition) is 3. The molecule has 1 aromatic rings. The van der Waals surface area contributed by atoms with E-state index in [1.54, 1.807) is 12.0 Å². The summed E-state index contributed by atoms with van der Waals surface area (Å²) >= 11 is 0. The van der Waals surface area contributed by atoms with Crippen LogP contribution in [0.25, 0.3) is 0 Å². The molecule has 0 radical (unpaired) electrons. The lowest BCUT2D eigenvalue weighted by atomic mass is 9.77. The second-order valence-electron chi connectivity index (χ2n) is 6.49. The number of amides is 1. The average Bonchev–Trinajstić information content (AvgIpc) is 2.46. The zero-order valence-corrected chi connectivity index (χ0v) is 13.5. The van der Waals surface area contributed by atoms with Gasteiger partial charge >= 0.3 is 0 Å². The Morgan fingerprint density at radius 3 is 2.81 bits per heavy atom. The summed E-state index contributed by atoms with van der Waals surface area (Å²) in [5, 5.41) is 3.38. The molecule has 4 nitrogen and oxygen atoms in total. The van der Waals surface area contributed by atoms with Crippen molar-refractivity contribution in [1.29, 1.82) is 0 Å². The molecule has 116 valence electrons. The van der Waals surface area contributed by atoms with E-state index < -0.39 is 0 Å². The topological polar surface area (TPSA) is 41.6 Å². The molecular formula is C17H26N2O2. The van der Waals surface area contributed by atoms with Crippen molar-refractivity contribution in [2.75, 3.05) is 20.7 Å². The van der Waals surface area contributed by atoms with Crippen molar-refractivity contribution in [2.24, 2.45) is 5.41 Å². The Bertz CT molecular complexity index is 499. The van der Waals surface area contributed by atoms with Gasteiger partial charge in [0, 0.05) is 19.2 Å². The van der Waals surface area contributed by atoms with Crippen molar-refractivity contribution in [3.05, 3.63) is 29.8 Å². The zero-order valence-electron chi connectivity index (χ0n) is 13.5. The van der Waals surface area contributed by atoms with Crippen LogP contribution in [0.2, 0.25) is 0 Å². The zero-order chi connectivity index (χ0) is 15.5. The fourth-order valence-corrected chi connectivity index (χ4v) is 3.02. The molecule has 1 aliphatic rings. The summed E-state index contributed by atoms with van der Waals surface area (Å²) in [6.45, 7) is 5.82. The number of piperidine rings is 1. The van der Waals surface area contributed by atoms with E-state index >= 15 is 0 Å². The summed E-state index contributed by atoms with van der Waals surface area (Å²) in [4.78, 5) is 14.5. The van der Waals surface area contributed by atoms with Crippen molar-refractivity contribution in [2.45, 2.75) is 39.3 Å². The van der Waals surface area contributed by atoms with E-state index in [1.165, 1.54) is 0 Å². The standard InChI is InChI=1S/C17H26N2O2/c1-17(2)10-7-11-18-15(17)16(20)19(3)12-13-8-5-6-9-14(13)21-4/h5-6,8-9,15,18H,7,10-12H2,1-4H3. The Hall–Kier alpha value is -1.55. The van der Waals surface area contributed by atoms with E-state index in [-0.39, 0.29) is 17.4 Å². The molecule has 0 aliphatic carbocycles. The minimum absolute atomic E-state index is 0.00433. The van der Waals surface area contributed by atoms with Crippen molar-refractivity contribution in [3.63, 3.8) is 0 Å². The molecule has 1 fully saturated rings. The Kier molecular flexibility index (Phi) is 4.88. The molecule has 0 spiro atoms. The first kappa shape index (κ1) is 15.8. The highest BCUT2D eigenvalue weighted by atomic mass is 16.5. The lowest BCUT2D eigenvalue weighted by Crippen LogP contribution is -2.55. The molecule has 1 saturated heterocycles. The Morgan fingerprint density at radius 2 is 2.14 bits per heavy atom. The maximum atomic E-state index is 12.7. The molecule has 4 heteroatoms. The number of carbonyl (C=O) groups excluding carboxylic acids is 1. The molecule has 1 amide bonds. The van der Waals surface area contributed by atoms with Crippen LogP contribution in [0.5, 0.6) is 5.75 Å². The van der Waals surface area contributed by atoms with Gasteiger partial charge in [-0.3, -0.25) is 4.79 Å². The van der Waals surface area contributed by atoms with Gasteiger partial charge in [-0.15, -0.1) is 0 Å². The molecule has 1 unspecified atom stereocenters. The third-order valence-electron chi connectivity index (χ3n) is 4.35. The van der Waals surface area contributed by atoms with Crippen LogP contribution in [0.4, 0.5) is 0 Å². The van der Waals surface area contributed by atoms with E-state index in [0.717, 1.165) is 30.7 Å². The lowest BCUT2D eigenvalue weighted by molar-refractivity contribution is -0.136. The van der Waals surface area contributed by atoms with Gasteiger partial charge in [0.25, 0.3) is 0 Å². The van der Waals surface area contributed by atoms with Crippen LogP contribution in [-0.4, -0.2) is 37.6 Å². The first-order valence-corrected chi connectivity index (χ1v) is 7.56. The molecule has 2 rings (SSSR count). The van der Waals surface area contributed by atoms with Gasteiger partial charge < -0.3 is 15.0 Å². The van der Waals surface area contributed by atoms with Gasteiger partial charge in [-0.05, 0) is 30.9 Å². The van der Waals surface area contributed by atoms with Gasteiger partial charge in [0.05, 0.1) is 13.2 Å². The van der Waals surface area contributed by atoms with Gasteiger partial charge in [-0.2, -0.15) is 0 Å². The number of carbonyl (C=O) groups is 1. The van der Waals surface area contributed by atoms with Crippen LogP contribution in [0, 0.1) is 5.41 Å². The van der Waals surface area contributed by atoms with E-state index in [2.05, 4.69) is 19.2 Å². The SMILES string of the molecule is COc1ccccc1CN(C)C(=O)C1NCCCC1(C)C. The van der Waals surface area contributed by atoms with Gasteiger partial charge in [0.1, 0.15) is 5.75 Å². The number of para-hydroxylation sites is 1. The number of ether oxygens (including phenoxy) is 1. The first-order chi connectivity index (χ1) is 9.95. The molecule has 1 aliphatic heterocycles. The maximum Gasteiger partial charge on any atom is 0.240 e. The lowest BCUT2D eigenvalue weighted by Gasteiger charge is -2.40. The number of benzene rings is 1. The first-order valence-electron chi connectivity index (χ1n) is 7.56. The fraction of sp³-hybridized carbons (Fsp3) is 0.588. The monoisotopic (exact) mass is 290 g/mol. The highest BCUT2D eigenvalue weighted by Crippen LogP contribution is 2.31. The van der Waals surface area contributed by atoms with Crippen LogP contribution in [-0.2, 0) is 11.3 Å². The highest BCUT2D eigenvalue weighted by Gasteiger charge is 2.38. The van der Waals surface area contributed by atoms with E-state index in [1.807, 2.05) is 31.3 Å². The summed E-state index contributed by atoms with van der Waals surface area (Å²) in [7, 11) is 3.52. The molecule has 1 atom stereocenters. The number of nitrogens with one attached hydrogen (secondary N) is 1. The predicted molar refractivity (Wildman–Crippen MR) is 84.3 cm³/mol. The van der Waals surface area contributed by atoms with E-state index in [9.17, 15) is 4.79 Å². The summed E-state index contributed by atoms with van der Waals surface area (Å²) in [6, 6.07) is 7.74. The number of methoxy groups -OCH3 is 1. The van der Waals surface area contributed by atoms with Crippen molar-refractivity contribution in [3.8, 4) is 5.75 Å². The molecular weight excluding hydrogens is 264 g/mol. The summed E-state index contributed by atoms with van der Waals surface area (Å²) in [5.74, 6) is 0.985. The van der Waals surface area contributed by atoms with Crippen molar-refractivity contribution in [1.82, 2.24) is 10.2 Å². The summed E-state index contributed by atoms with van der Waals surface area (Å²) < 4.78 is 5.36. The number of hydrogen-bond donors (Lipinski definition) is 1. The number of nitrogens with zero attached hydrogens (tertiary/aromatic N) is 1. The largest absolute Gasteiger partial charge is 0.496 e. The molecule has 0 saturated carbocycles. The van der Waals surface area contributed by atoms with Crippen molar-refractivity contribution < 1.29 is 9.53 Å². The van der Waals surface area contributed by atoms with Gasteiger partial charge in [0.2, 0.25) is 5.91 Å². The smallest absolute Gasteiger partial charge is 0.240 e.